The van der Waals surface area contributed by atoms with Gasteiger partial charge in [-0.2, -0.15) is 0 Å². The fourth-order valence-electron chi connectivity index (χ4n) is 1.30. The number of amides is 1. The van der Waals surface area contributed by atoms with Crippen LogP contribution < -0.4 is 10.1 Å². The third kappa shape index (κ3) is 4.82. The SMILES string of the molecule is CCCOCC(=O)NCc1cccnc1OC. The zero-order valence-corrected chi connectivity index (χ0v) is 10.2. The number of nitrogens with one attached hydrogen (secondary N) is 1. The molecule has 1 aromatic heterocycles. The summed E-state index contributed by atoms with van der Waals surface area (Å²) in [6, 6.07) is 3.66. The number of hydrogen-bond donors (Lipinski definition) is 1. The Morgan fingerprint density at radius 1 is 1.53 bits per heavy atom. The number of ether oxygens (including phenoxy) is 2. The molecule has 0 aliphatic carbocycles. The Bertz CT molecular complexity index is 355. The lowest BCUT2D eigenvalue weighted by molar-refractivity contribution is -0.125. The molecule has 5 heteroatoms. The molecule has 0 radical (unpaired) electrons. The predicted octanol–water partition coefficient (Wildman–Crippen LogP) is 1.13. The van der Waals surface area contributed by atoms with E-state index in [2.05, 4.69) is 10.3 Å². The van der Waals surface area contributed by atoms with Gasteiger partial charge in [-0.1, -0.05) is 13.0 Å². The summed E-state index contributed by atoms with van der Waals surface area (Å²) in [6.45, 7) is 3.09. The van der Waals surface area contributed by atoms with Gasteiger partial charge in [-0.25, -0.2) is 4.98 Å². The number of nitrogens with zero attached hydrogens (tertiary/aromatic N) is 1. The molecule has 0 atom stereocenters. The normalized spacial score (nSPS) is 10.0. The van der Waals surface area contributed by atoms with E-state index in [0.29, 0.717) is 19.0 Å². The third-order valence-corrected chi connectivity index (χ3v) is 2.10. The summed E-state index contributed by atoms with van der Waals surface area (Å²) >= 11 is 0. The van der Waals surface area contributed by atoms with Gasteiger partial charge in [-0.3, -0.25) is 4.79 Å². The van der Waals surface area contributed by atoms with Gasteiger partial charge in [-0.05, 0) is 12.5 Å². The van der Waals surface area contributed by atoms with Crippen LogP contribution in [-0.2, 0) is 16.1 Å². The van der Waals surface area contributed by atoms with Crippen LogP contribution in [0.3, 0.4) is 0 Å². The van der Waals surface area contributed by atoms with Crippen molar-refractivity contribution in [1.82, 2.24) is 10.3 Å². The molecule has 0 aromatic carbocycles. The van der Waals surface area contributed by atoms with Gasteiger partial charge >= 0.3 is 0 Å². The summed E-state index contributed by atoms with van der Waals surface area (Å²) in [5, 5.41) is 2.75. The molecular weight excluding hydrogens is 220 g/mol. The van der Waals surface area contributed by atoms with Crippen LogP contribution in [0.4, 0.5) is 0 Å². The highest BCUT2D eigenvalue weighted by Gasteiger charge is 2.05. The molecule has 5 nitrogen and oxygen atoms in total. The standard InChI is InChI=1S/C12H18N2O3/c1-3-7-17-9-11(15)14-8-10-5-4-6-13-12(10)16-2/h4-6H,3,7-9H2,1-2H3,(H,14,15). The van der Waals surface area contributed by atoms with Crippen molar-refractivity contribution in [2.75, 3.05) is 20.3 Å². The predicted molar refractivity (Wildman–Crippen MR) is 63.7 cm³/mol. The Kier molecular flexibility index (Phi) is 6.03. The first kappa shape index (κ1) is 13.4. The van der Waals surface area contributed by atoms with Crippen molar-refractivity contribution in [2.24, 2.45) is 0 Å². The zero-order chi connectivity index (χ0) is 12.5. The van der Waals surface area contributed by atoms with Gasteiger partial charge in [0, 0.05) is 24.9 Å². The molecule has 0 saturated heterocycles. The second kappa shape index (κ2) is 7.62. The van der Waals surface area contributed by atoms with Crippen LogP contribution in [0.25, 0.3) is 0 Å². The third-order valence-electron chi connectivity index (χ3n) is 2.10. The molecule has 0 unspecified atom stereocenters. The fraction of sp³-hybridized carbons (Fsp3) is 0.500. The smallest absolute Gasteiger partial charge is 0.246 e. The first-order valence-corrected chi connectivity index (χ1v) is 5.60. The van der Waals surface area contributed by atoms with Gasteiger partial charge in [0.1, 0.15) is 6.61 Å². The topological polar surface area (TPSA) is 60.5 Å². The van der Waals surface area contributed by atoms with Gasteiger partial charge in [-0.15, -0.1) is 0 Å². The molecule has 0 fully saturated rings. The average molecular weight is 238 g/mol. The van der Waals surface area contributed by atoms with Crippen molar-refractivity contribution in [2.45, 2.75) is 19.9 Å². The van der Waals surface area contributed by atoms with Gasteiger partial charge < -0.3 is 14.8 Å². The second-order valence-corrected chi connectivity index (χ2v) is 3.50. The van der Waals surface area contributed by atoms with E-state index in [4.69, 9.17) is 9.47 Å². The molecule has 1 rings (SSSR count). The summed E-state index contributed by atoms with van der Waals surface area (Å²) in [7, 11) is 1.55. The molecule has 0 bridgehead atoms. The monoisotopic (exact) mass is 238 g/mol. The van der Waals surface area contributed by atoms with Gasteiger partial charge in [0.2, 0.25) is 11.8 Å². The number of aromatic nitrogens is 1. The van der Waals surface area contributed by atoms with Crippen LogP contribution >= 0.6 is 0 Å². The highest BCUT2D eigenvalue weighted by Crippen LogP contribution is 2.12. The minimum atomic E-state index is -0.135. The van der Waals surface area contributed by atoms with E-state index in [0.717, 1.165) is 12.0 Å². The molecule has 0 saturated carbocycles. The summed E-state index contributed by atoms with van der Waals surface area (Å²) in [4.78, 5) is 15.4. The average Bonchev–Trinajstić information content (AvgIpc) is 2.37. The maximum absolute atomic E-state index is 11.4. The van der Waals surface area contributed by atoms with Crippen molar-refractivity contribution in [3.8, 4) is 5.88 Å². The zero-order valence-electron chi connectivity index (χ0n) is 10.2. The number of hydrogen-bond acceptors (Lipinski definition) is 4. The highest BCUT2D eigenvalue weighted by atomic mass is 16.5. The molecule has 1 amide bonds. The van der Waals surface area contributed by atoms with Crippen LogP contribution in [0.15, 0.2) is 18.3 Å². The van der Waals surface area contributed by atoms with E-state index in [1.807, 2.05) is 13.0 Å². The van der Waals surface area contributed by atoms with Crippen molar-refractivity contribution in [1.29, 1.82) is 0 Å². The van der Waals surface area contributed by atoms with Crippen molar-refractivity contribution < 1.29 is 14.3 Å². The maximum atomic E-state index is 11.4. The first-order valence-electron chi connectivity index (χ1n) is 5.60. The number of methoxy groups -OCH3 is 1. The Morgan fingerprint density at radius 3 is 3.06 bits per heavy atom. The molecule has 1 heterocycles. The molecule has 1 aromatic rings. The number of pyridine rings is 1. The lowest BCUT2D eigenvalue weighted by Crippen LogP contribution is -2.27. The number of carbonyl (C=O) groups is 1. The van der Waals surface area contributed by atoms with Gasteiger partial charge in [0.15, 0.2) is 0 Å². The van der Waals surface area contributed by atoms with Crippen LogP contribution in [-0.4, -0.2) is 31.2 Å². The molecule has 0 aliphatic heterocycles. The van der Waals surface area contributed by atoms with E-state index in [-0.39, 0.29) is 12.5 Å². The molecular formula is C12H18N2O3. The molecule has 17 heavy (non-hydrogen) atoms. The van der Waals surface area contributed by atoms with Crippen molar-refractivity contribution in [3.63, 3.8) is 0 Å². The largest absolute Gasteiger partial charge is 0.481 e. The molecule has 0 aliphatic rings. The van der Waals surface area contributed by atoms with E-state index in [1.54, 1.807) is 19.4 Å². The Morgan fingerprint density at radius 2 is 2.35 bits per heavy atom. The van der Waals surface area contributed by atoms with Crippen molar-refractivity contribution >= 4 is 5.91 Å². The summed E-state index contributed by atoms with van der Waals surface area (Å²) in [5.74, 6) is 0.395. The molecule has 0 spiro atoms. The van der Waals surface area contributed by atoms with E-state index >= 15 is 0 Å². The van der Waals surface area contributed by atoms with Crippen LogP contribution in [0.2, 0.25) is 0 Å². The minimum absolute atomic E-state index is 0.0937. The second-order valence-electron chi connectivity index (χ2n) is 3.50. The van der Waals surface area contributed by atoms with Crippen molar-refractivity contribution in [3.05, 3.63) is 23.9 Å². The minimum Gasteiger partial charge on any atom is -0.481 e. The summed E-state index contributed by atoms with van der Waals surface area (Å²) in [6.07, 6.45) is 2.55. The number of rotatable bonds is 7. The van der Waals surface area contributed by atoms with Gasteiger partial charge in [0.05, 0.1) is 7.11 Å². The van der Waals surface area contributed by atoms with Gasteiger partial charge in [0.25, 0.3) is 0 Å². The quantitative estimate of drug-likeness (QED) is 0.723. The Hall–Kier alpha value is -1.62. The number of carbonyl (C=O) groups excluding carboxylic acids is 1. The molecule has 1 N–H and O–H groups in total. The lowest BCUT2D eigenvalue weighted by atomic mass is 10.2. The van der Waals surface area contributed by atoms with E-state index in [9.17, 15) is 4.79 Å². The highest BCUT2D eigenvalue weighted by molar-refractivity contribution is 5.77. The van der Waals surface area contributed by atoms with E-state index < -0.39 is 0 Å². The lowest BCUT2D eigenvalue weighted by Gasteiger charge is -2.08. The molecule has 94 valence electrons. The van der Waals surface area contributed by atoms with Crippen LogP contribution in [0, 0.1) is 0 Å². The Balaban J connectivity index is 2.36. The first-order chi connectivity index (χ1) is 8.27. The van der Waals surface area contributed by atoms with Crippen LogP contribution in [0.1, 0.15) is 18.9 Å². The maximum Gasteiger partial charge on any atom is 0.246 e. The van der Waals surface area contributed by atoms with E-state index in [1.165, 1.54) is 0 Å². The summed E-state index contributed by atoms with van der Waals surface area (Å²) < 4.78 is 10.2. The summed E-state index contributed by atoms with van der Waals surface area (Å²) in [5.41, 5.74) is 0.846. The Labute approximate surface area is 101 Å². The van der Waals surface area contributed by atoms with Crippen LogP contribution in [0.5, 0.6) is 5.88 Å². The fourth-order valence-corrected chi connectivity index (χ4v) is 1.30.